The number of rotatable bonds is 2. The summed E-state index contributed by atoms with van der Waals surface area (Å²) in [5, 5.41) is 0.761. The van der Waals surface area contributed by atoms with Crippen molar-refractivity contribution in [3.8, 4) is 0 Å². The average molecular weight is 295 g/mol. The van der Waals surface area contributed by atoms with Gasteiger partial charge in [0, 0.05) is 6.20 Å². The van der Waals surface area contributed by atoms with Gasteiger partial charge in [0.2, 0.25) is 0 Å². The smallest absolute Gasteiger partial charge is 0.333 e. The molecule has 0 aliphatic carbocycles. The molecule has 2 aromatic heterocycles. The van der Waals surface area contributed by atoms with E-state index < -0.39 is 11.7 Å². The van der Waals surface area contributed by atoms with Gasteiger partial charge >= 0.3 is 6.18 Å². The third-order valence-corrected chi connectivity index (χ3v) is 3.45. The number of aromatic amines is 1. The lowest BCUT2D eigenvalue weighted by atomic mass is 10.3. The molecule has 7 heteroatoms. The number of halogens is 3. The molecule has 0 saturated heterocycles. The molecule has 0 amide bonds. The van der Waals surface area contributed by atoms with Crippen LogP contribution in [0.4, 0.5) is 13.2 Å². The number of aromatic nitrogens is 3. The lowest BCUT2D eigenvalue weighted by Crippen LogP contribution is -2.05. The van der Waals surface area contributed by atoms with E-state index in [0.717, 1.165) is 41.1 Å². The van der Waals surface area contributed by atoms with Gasteiger partial charge in [0.25, 0.3) is 0 Å². The summed E-state index contributed by atoms with van der Waals surface area (Å²) in [4.78, 5) is 11.2. The van der Waals surface area contributed by atoms with Crippen molar-refractivity contribution in [2.24, 2.45) is 0 Å². The van der Waals surface area contributed by atoms with Gasteiger partial charge in [0.05, 0.1) is 16.6 Å². The van der Waals surface area contributed by atoms with Gasteiger partial charge in [-0.25, -0.2) is 9.97 Å². The number of H-pyrrole nitrogens is 1. The quantitative estimate of drug-likeness (QED) is 0.773. The Morgan fingerprint density at radius 1 is 1.10 bits per heavy atom. The van der Waals surface area contributed by atoms with Gasteiger partial charge in [-0.05, 0) is 36.0 Å². The van der Waals surface area contributed by atoms with Crippen LogP contribution < -0.4 is 0 Å². The summed E-state index contributed by atoms with van der Waals surface area (Å²) in [5.41, 5.74) is 0.884. The molecule has 0 spiro atoms. The maximum Gasteiger partial charge on any atom is 0.416 e. The Kier molecular flexibility index (Phi) is 3.13. The van der Waals surface area contributed by atoms with Crippen molar-refractivity contribution in [1.29, 1.82) is 0 Å². The molecule has 1 aromatic carbocycles. The molecule has 0 unspecified atom stereocenters. The van der Waals surface area contributed by atoms with E-state index in [1.54, 1.807) is 0 Å². The molecule has 2 heterocycles. The van der Waals surface area contributed by atoms with Gasteiger partial charge < -0.3 is 4.98 Å². The number of para-hydroxylation sites is 2. The van der Waals surface area contributed by atoms with Crippen LogP contribution in [-0.4, -0.2) is 15.0 Å². The van der Waals surface area contributed by atoms with Crippen molar-refractivity contribution in [2.45, 2.75) is 16.4 Å². The van der Waals surface area contributed by atoms with E-state index in [1.807, 2.05) is 24.3 Å². The number of benzene rings is 1. The molecule has 0 fully saturated rings. The lowest BCUT2D eigenvalue weighted by Gasteiger charge is -2.06. The lowest BCUT2D eigenvalue weighted by molar-refractivity contribution is -0.137. The Balaban J connectivity index is 1.91. The normalized spacial score (nSPS) is 11.9. The molecule has 3 nitrogen and oxygen atoms in total. The molecule has 0 aliphatic rings. The third-order valence-electron chi connectivity index (χ3n) is 2.63. The van der Waals surface area contributed by atoms with E-state index in [-0.39, 0.29) is 5.03 Å². The van der Waals surface area contributed by atoms with Crippen LogP contribution >= 0.6 is 11.8 Å². The highest BCUT2D eigenvalue weighted by Crippen LogP contribution is 2.32. The number of hydrogen-bond donors (Lipinski definition) is 1. The van der Waals surface area contributed by atoms with Gasteiger partial charge in [-0.15, -0.1) is 0 Å². The van der Waals surface area contributed by atoms with Crippen molar-refractivity contribution in [3.63, 3.8) is 0 Å². The first-order valence-corrected chi connectivity index (χ1v) is 6.50. The van der Waals surface area contributed by atoms with Crippen molar-refractivity contribution in [1.82, 2.24) is 15.0 Å². The Morgan fingerprint density at radius 2 is 1.90 bits per heavy atom. The molecular weight excluding hydrogens is 287 g/mol. The second-order valence-corrected chi connectivity index (χ2v) is 5.05. The molecule has 102 valence electrons. The Labute approximate surface area is 116 Å². The Morgan fingerprint density at radius 3 is 2.65 bits per heavy atom. The Hall–Kier alpha value is -2.02. The van der Waals surface area contributed by atoms with Crippen LogP contribution in [0, 0.1) is 0 Å². The summed E-state index contributed by atoms with van der Waals surface area (Å²) in [6, 6.07) is 9.35. The van der Waals surface area contributed by atoms with Gasteiger partial charge in [-0.2, -0.15) is 13.2 Å². The topological polar surface area (TPSA) is 41.6 Å². The highest BCUT2D eigenvalue weighted by Gasteiger charge is 2.30. The van der Waals surface area contributed by atoms with Gasteiger partial charge in [0.1, 0.15) is 5.03 Å². The van der Waals surface area contributed by atoms with Crippen LogP contribution in [0.3, 0.4) is 0 Å². The summed E-state index contributed by atoms with van der Waals surface area (Å²) in [6.07, 6.45) is -3.22. The second kappa shape index (κ2) is 4.82. The van der Waals surface area contributed by atoms with Gasteiger partial charge in [0.15, 0.2) is 5.16 Å². The summed E-state index contributed by atoms with van der Waals surface area (Å²) in [7, 11) is 0. The molecule has 0 bridgehead atoms. The van der Waals surface area contributed by atoms with Crippen LogP contribution in [0.1, 0.15) is 5.56 Å². The van der Waals surface area contributed by atoms with E-state index in [9.17, 15) is 13.2 Å². The molecule has 20 heavy (non-hydrogen) atoms. The van der Waals surface area contributed by atoms with Crippen LogP contribution in [0.25, 0.3) is 11.0 Å². The molecular formula is C13H8F3N3S. The molecule has 1 N–H and O–H groups in total. The minimum absolute atomic E-state index is 0.249. The molecule has 0 saturated carbocycles. The number of alkyl halides is 3. The standard InChI is InChI=1S/C13H8F3N3S/c14-13(15,16)8-5-6-17-11(7-8)20-12-18-9-3-1-2-4-10(9)19-12/h1-7H,(H,18,19). The molecule has 0 atom stereocenters. The number of nitrogens with one attached hydrogen (secondary N) is 1. The highest BCUT2D eigenvalue weighted by atomic mass is 32.2. The van der Waals surface area contributed by atoms with Crippen LogP contribution in [-0.2, 0) is 6.18 Å². The zero-order valence-corrected chi connectivity index (χ0v) is 10.8. The van der Waals surface area contributed by atoms with Gasteiger partial charge in [-0.3, -0.25) is 0 Å². The fraction of sp³-hybridized carbons (Fsp3) is 0.0769. The minimum atomic E-state index is -4.37. The first-order chi connectivity index (χ1) is 9.52. The molecule has 3 rings (SSSR count). The SMILES string of the molecule is FC(F)(F)c1ccnc(Sc2nc3ccccc3[nH]2)c1. The van der Waals surface area contributed by atoms with Crippen molar-refractivity contribution in [3.05, 3.63) is 48.2 Å². The largest absolute Gasteiger partial charge is 0.416 e. The van der Waals surface area contributed by atoms with Crippen molar-refractivity contribution >= 4 is 22.8 Å². The first-order valence-electron chi connectivity index (χ1n) is 5.68. The monoisotopic (exact) mass is 295 g/mol. The second-order valence-electron chi connectivity index (χ2n) is 4.04. The fourth-order valence-corrected chi connectivity index (χ4v) is 2.52. The van der Waals surface area contributed by atoms with E-state index >= 15 is 0 Å². The van der Waals surface area contributed by atoms with E-state index in [0.29, 0.717) is 5.16 Å². The summed E-state index contributed by atoms with van der Waals surface area (Å²) >= 11 is 1.07. The zero-order valence-electron chi connectivity index (χ0n) is 9.98. The first kappa shape index (κ1) is 13.0. The summed E-state index contributed by atoms with van der Waals surface area (Å²) in [5.74, 6) is 0. The summed E-state index contributed by atoms with van der Waals surface area (Å²) in [6.45, 7) is 0. The maximum atomic E-state index is 12.6. The molecule has 0 aliphatic heterocycles. The van der Waals surface area contributed by atoms with E-state index in [4.69, 9.17) is 0 Å². The van der Waals surface area contributed by atoms with E-state index in [2.05, 4.69) is 15.0 Å². The van der Waals surface area contributed by atoms with Crippen LogP contribution in [0.2, 0.25) is 0 Å². The third kappa shape index (κ3) is 2.62. The number of fused-ring (bicyclic) bond motifs is 1. The number of imidazole rings is 1. The minimum Gasteiger partial charge on any atom is -0.333 e. The Bertz CT molecular complexity index is 719. The summed E-state index contributed by atoms with van der Waals surface area (Å²) < 4.78 is 37.8. The predicted molar refractivity (Wildman–Crippen MR) is 69.5 cm³/mol. The van der Waals surface area contributed by atoms with Crippen LogP contribution in [0.5, 0.6) is 0 Å². The maximum absolute atomic E-state index is 12.6. The number of nitrogens with zero attached hydrogens (tertiary/aromatic N) is 2. The molecule has 3 aromatic rings. The van der Waals surface area contributed by atoms with Crippen molar-refractivity contribution in [2.75, 3.05) is 0 Å². The van der Waals surface area contributed by atoms with Crippen molar-refractivity contribution < 1.29 is 13.2 Å². The molecule has 0 radical (unpaired) electrons. The predicted octanol–water partition coefficient (Wildman–Crippen LogP) is 4.13. The number of hydrogen-bond acceptors (Lipinski definition) is 3. The zero-order chi connectivity index (χ0) is 14.2. The van der Waals surface area contributed by atoms with E-state index in [1.165, 1.54) is 0 Å². The average Bonchev–Trinajstić information content (AvgIpc) is 2.80. The van der Waals surface area contributed by atoms with Gasteiger partial charge in [-0.1, -0.05) is 12.1 Å². The number of pyridine rings is 1. The fourth-order valence-electron chi connectivity index (χ4n) is 1.72. The highest BCUT2D eigenvalue weighted by molar-refractivity contribution is 7.99. The van der Waals surface area contributed by atoms with Crippen LogP contribution in [0.15, 0.2) is 52.8 Å².